The van der Waals surface area contributed by atoms with Gasteiger partial charge in [0.05, 0.1) is 11.7 Å². The molecule has 1 heterocycles. The summed E-state index contributed by atoms with van der Waals surface area (Å²) in [5.41, 5.74) is 5.72. The maximum atomic E-state index is 12.3. The lowest BCUT2D eigenvalue weighted by atomic mass is 10.1. The van der Waals surface area contributed by atoms with E-state index in [4.69, 9.17) is 4.74 Å². The SMILES string of the molecule is Cc1ccc(O[C@H](C)C(=O)NC[C@@H](C)n2nc(C)c(C)c2C)cc1C. The third kappa shape index (κ3) is 4.41. The first-order valence-electron chi connectivity index (χ1n) is 8.74. The Morgan fingerprint density at radius 1 is 1.16 bits per heavy atom. The zero-order valence-corrected chi connectivity index (χ0v) is 16.3. The number of aryl methyl sites for hydroxylation is 3. The average Bonchev–Trinajstić information content (AvgIpc) is 2.83. The van der Waals surface area contributed by atoms with Crippen molar-refractivity contribution in [2.75, 3.05) is 6.54 Å². The lowest BCUT2D eigenvalue weighted by Crippen LogP contribution is -2.39. The summed E-state index contributed by atoms with van der Waals surface area (Å²) in [5.74, 6) is 0.594. The molecular weight excluding hydrogens is 314 g/mol. The Bertz CT molecular complexity index is 765. The van der Waals surface area contributed by atoms with Gasteiger partial charge in [0.2, 0.25) is 0 Å². The smallest absolute Gasteiger partial charge is 0.260 e. The van der Waals surface area contributed by atoms with Crippen LogP contribution in [0.25, 0.3) is 0 Å². The Hall–Kier alpha value is -2.30. The second-order valence-electron chi connectivity index (χ2n) is 6.84. The van der Waals surface area contributed by atoms with Crippen LogP contribution in [0.4, 0.5) is 0 Å². The fraction of sp³-hybridized carbons (Fsp3) is 0.500. The molecule has 1 N–H and O–H groups in total. The number of carbonyl (C=O) groups excluding carboxylic acids is 1. The molecule has 0 radical (unpaired) electrons. The van der Waals surface area contributed by atoms with Gasteiger partial charge in [-0.1, -0.05) is 6.07 Å². The van der Waals surface area contributed by atoms with Gasteiger partial charge in [-0.25, -0.2) is 0 Å². The zero-order chi connectivity index (χ0) is 18.7. The van der Waals surface area contributed by atoms with Crippen LogP contribution in [0, 0.1) is 34.6 Å². The Balaban J connectivity index is 1.92. The first-order chi connectivity index (χ1) is 11.7. The summed E-state index contributed by atoms with van der Waals surface area (Å²) in [4.78, 5) is 12.3. The molecule has 0 aliphatic rings. The Morgan fingerprint density at radius 2 is 1.84 bits per heavy atom. The Labute approximate surface area is 150 Å². The number of benzene rings is 1. The van der Waals surface area contributed by atoms with Crippen molar-refractivity contribution in [1.29, 1.82) is 0 Å². The molecule has 0 aliphatic carbocycles. The summed E-state index contributed by atoms with van der Waals surface area (Å²) in [6, 6.07) is 5.95. The highest BCUT2D eigenvalue weighted by molar-refractivity contribution is 5.80. The number of aromatic nitrogens is 2. The molecule has 0 fully saturated rings. The van der Waals surface area contributed by atoms with Crippen molar-refractivity contribution in [3.8, 4) is 5.75 Å². The van der Waals surface area contributed by atoms with Crippen LogP contribution in [0.3, 0.4) is 0 Å². The van der Waals surface area contributed by atoms with E-state index in [1.165, 1.54) is 11.1 Å². The van der Waals surface area contributed by atoms with Crippen LogP contribution in [-0.4, -0.2) is 28.3 Å². The van der Waals surface area contributed by atoms with Gasteiger partial charge in [0.1, 0.15) is 5.75 Å². The van der Waals surface area contributed by atoms with Crippen LogP contribution in [0.5, 0.6) is 5.75 Å². The van der Waals surface area contributed by atoms with Gasteiger partial charge in [-0.3, -0.25) is 9.48 Å². The summed E-state index contributed by atoms with van der Waals surface area (Å²) in [6.07, 6.45) is -0.545. The van der Waals surface area contributed by atoms with Gasteiger partial charge < -0.3 is 10.1 Å². The molecule has 1 aromatic carbocycles. The summed E-state index contributed by atoms with van der Waals surface area (Å²) in [5, 5.41) is 7.51. The fourth-order valence-corrected chi connectivity index (χ4v) is 2.70. The van der Waals surface area contributed by atoms with Crippen LogP contribution in [0.2, 0.25) is 0 Å². The van der Waals surface area contributed by atoms with E-state index in [1.54, 1.807) is 6.92 Å². The van der Waals surface area contributed by atoms with Crippen LogP contribution < -0.4 is 10.1 Å². The number of nitrogens with one attached hydrogen (secondary N) is 1. The van der Waals surface area contributed by atoms with E-state index in [-0.39, 0.29) is 11.9 Å². The van der Waals surface area contributed by atoms with Crippen LogP contribution >= 0.6 is 0 Å². The summed E-state index contributed by atoms with van der Waals surface area (Å²) in [6.45, 7) is 14.5. The molecular formula is C20H29N3O2. The quantitative estimate of drug-likeness (QED) is 0.872. The third-order valence-corrected chi connectivity index (χ3v) is 4.84. The van der Waals surface area contributed by atoms with Gasteiger partial charge in [-0.2, -0.15) is 5.10 Å². The van der Waals surface area contributed by atoms with Gasteiger partial charge in [0.15, 0.2) is 6.10 Å². The van der Waals surface area contributed by atoms with E-state index in [2.05, 4.69) is 31.2 Å². The van der Waals surface area contributed by atoms with E-state index in [9.17, 15) is 4.79 Å². The Kier molecular flexibility index (Phi) is 5.88. The van der Waals surface area contributed by atoms with Crippen LogP contribution in [0.1, 0.15) is 48.0 Å². The molecule has 0 unspecified atom stereocenters. The lowest BCUT2D eigenvalue weighted by molar-refractivity contribution is -0.127. The molecule has 1 amide bonds. The highest BCUT2D eigenvalue weighted by atomic mass is 16.5. The Morgan fingerprint density at radius 3 is 2.40 bits per heavy atom. The minimum atomic E-state index is -0.545. The molecule has 5 heteroatoms. The summed E-state index contributed by atoms with van der Waals surface area (Å²) < 4.78 is 7.73. The lowest BCUT2D eigenvalue weighted by Gasteiger charge is -2.19. The van der Waals surface area contributed by atoms with Gasteiger partial charge >= 0.3 is 0 Å². The second-order valence-corrected chi connectivity index (χ2v) is 6.84. The average molecular weight is 343 g/mol. The zero-order valence-electron chi connectivity index (χ0n) is 16.3. The van der Waals surface area contributed by atoms with Crippen molar-refractivity contribution in [3.05, 3.63) is 46.3 Å². The normalized spacial score (nSPS) is 13.4. The van der Waals surface area contributed by atoms with E-state index in [0.717, 1.165) is 17.0 Å². The molecule has 0 aliphatic heterocycles. The number of rotatable bonds is 6. The molecule has 5 nitrogen and oxygen atoms in total. The molecule has 2 atom stereocenters. The standard InChI is InChI=1S/C20H29N3O2/c1-12-8-9-19(10-13(12)2)25-18(7)20(24)21-11-14(3)23-17(6)15(4)16(5)22-23/h8-10,14,18H,11H2,1-7H3,(H,21,24)/t14-,18-/m1/s1. The number of hydrogen-bond acceptors (Lipinski definition) is 3. The van der Waals surface area contributed by atoms with Crippen LogP contribution in [-0.2, 0) is 4.79 Å². The molecule has 0 bridgehead atoms. The van der Waals surface area contributed by atoms with E-state index < -0.39 is 6.10 Å². The number of carbonyl (C=O) groups is 1. The van der Waals surface area contributed by atoms with Crippen molar-refractivity contribution in [1.82, 2.24) is 15.1 Å². The minimum absolute atomic E-state index is 0.0881. The molecule has 1 aromatic heterocycles. The van der Waals surface area contributed by atoms with E-state index in [0.29, 0.717) is 12.3 Å². The van der Waals surface area contributed by atoms with E-state index >= 15 is 0 Å². The maximum absolute atomic E-state index is 12.3. The van der Waals surface area contributed by atoms with E-state index in [1.807, 2.05) is 43.7 Å². The summed E-state index contributed by atoms with van der Waals surface area (Å²) >= 11 is 0. The molecule has 136 valence electrons. The molecule has 0 spiro atoms. The van der Waals surface area contributed by atoms with Crippen molar-refractivity contribution < 1.29 is 9.53 Å². The van der Waals surface area contributed by atoms with Gasteiger partial charge in [-0.05, 0) is 77.3 Å². The largest absolute Gasteiger partial charge is 0.481 e. The highest BCUT2D eigenvalue weighted by Gasteiger charge is 2.18. The molecule has 2 rings (SSSR count). The molecule has 0 saturated heterocycles. The maximum Gasteiger partial charge on any atom is 0.260 e. The van der Waals surface area contributed by atoms with Crippen molar-refractivity contribution in [2.45, 2.75) is 60.6 Å². The topological polar surface area (TPSA) is 56.1 Å². The third-order valence-electron chi connectivity index (χ3n) is 4.84. The molecule has 0 saturated carbocycles. The number of amides is 1. The second kappa shape index (κ2) is 7.72. The number of nitrogens with zero attached hydrogens (tertiary/aromatic N) is 2. The van der Waals surface area contributed by atoms with Gasteiger partial charge in [0, 0.05) is 12.2 Å². The summed E-state index contributed by atoms with van der Waals surface area (Å²) in [7, 11) is 0. The number of hydrogen-bond donors (Lipinski definition) is 1. The fourth-order valence-electron chi connectivity index (χ4n) is 2.70. The van der Waals surface area contributed by atoms with Crippen molar-refractivity contribution in [3.63, 3.8) is 0 Å². The van der Waals surface area contributed by atoms with Gasteiger partial charge in [-0.15, -0.1) is 0 Å². The molecule has 2 aromatic rings. The first-order valence-corrected chi connectivity index (χ1v) is 8.74. The highest BCUT2D eigenvalue weighted by Crippen LogP contribution is 2.18. The monoisotopic (exact) mass is 343 g/mol. The van der Waals surface area contributed by atoms with Crippen molar-refractivity contribution in [2.24, 2.45) is 0 Å². The van der Waals surface area contributed by atoms with Gasteiger partial charge in [0.25, 0.3) is 5.91 Å². The predicted octanol–water partition coefficient (Wildman–Crippen LogP) is 3.57. The molecule has 25 heavy (non-hydrogen) atoms. The number of ether oxygens (including phenoxy) is 1. The first kappa shape index (κ1) is 19.0. The minimum Gasteiger partial charge on any atom is -0.481 e. The predicted molar refractivity (Wildman–Crippen MR) is 100 cm³/mol. The van der Waals surface area contributed by atoms with Crippen molar-refractivity contribution >= 4 is 5.91 Å². The van der Waals surface area contributed by atoms with Crippen LogP contribution in [0.15, 0.2) is 18.2 Å².